The maximum absolute atomic E-state index is 12.0. The molecule has 0 amide bonds. The van der Waals surface area contributed by atoms with Crippen molar-refractivity contribution in [3.8, 4) is 0 Å². The summed E-state index contributed by atoms with van der Waals surface area (Å²) in [6, 6.07) is 16.0. The average molecular weight is 226 g/mol. The van der Waals surface area contributed by atoms with Gasteiger partial charge >= 0.3 is 0 Å². The molecule has 0 spiro atoms. The zero-order chi connectivity index (χ0) is 12.3. The monoisotopic (exact) mass is 226 g/mol. The summed E-state index contributed by atoms with van der Waals surface area (Å²) in [5, 5.41) is 0. The molecule has 2 aromatic carbocycles. The topological polar surface area (TPSA) is 63.2 Å². The van der Waals surface area contributed by atoms with Crippen LogP contribution >= 0.6 is 0 Å². The molecule has 0 fully saturated rings. The van der Waals surface area contributed by atoms with Gasteiger partial charge in [-0.05, 0) is 12.1 Å². The minimum atomic E-state index is -0.150. The zero-order valence-corrected chi connectivity index (χ0v) is 8.96. The summed E-state index contributed by atoms with van der Waals surface area (Å²) in [6.45, 7) is 0. The Morgan fingerprint density at radius 1 is 1.12 bits per heavy atom. The number of ketones is 1. The molecule has 17 heavy (non-hydrogen) atoms. The van der Waals surface area contributed by atoms with Crippen LogP contribution < -0.4 is 5.84 Å². The quantitative estimate of drug-likeness (QED) is 0.377. The van der Waals surface area contributed by atoms with Crippen LogP contribution in [0, 0.1) is 11.0 Å². The number of carbonyl (C=O) groups excluding carboxylic acids is 1. The Hall–Kier alpha value is -2.49. The highest BCUT2D eigenvalue weighted by molar-refractivity contribution is 6.09. The summed E-state index contributed by atoms with van der Waals surface area (Å²) in [6.07, 6.45) is 0. The molecule has 0 atom stereocenters. The second-order valence-corrected chi connectivity index (χ2v) is 3.48. The Morgan fingerprint density at radius 3 is 2.47 bits per heavy atom. The summed E-state index contributed by atoms with van der Waals surface area (Å²) in [5.41, 5.74) is 1.11. The first-order valence-electron chi connectivity index (χ1n) is 5.02. The fourth-order valence-electron chi connectivity index (χ4n) is 1.48. The lowest BCUT2D eigenvalue weighted by molar-refractivity contribution is -0.475. The van der Waals surface area contributed by atoms with Gasteiger partial charge in [-0.15, -0.1) is 0 Å². The maximum Gasteiger partial charge on any atom is 0.300 e. The molecule has 0 saturated carbocycles. The van der Waals surface area contributed by atoms with Crippen molar-refractivity contribution in [3.05, 3.63) is 70.6 Å². The first-order chi connectivity index (χ1) is 8.18. The van der Waals surface area contributed by atoms with Crippen LogP contribution in [-0.4, -0.2) is 10.7 Å². The van der Waals surface area contributed by atoms with Crippen molar-refractivity contribution in [1.82, 2.24) is 0 Å². The fourth-order valence-corrected chi connectivity index (χ4v) is 1.48. The third kappa shape index (κ3) is 2.36. The molecule has 0 aliphatic rings. The van der Waals surface area contributed by atoms with E-state index in [1.165, 1.54) is 12.1 Å². The van der Waals surface area contributed by atoms with E-state index in [9.17, 15) is 9.70 Å². The van der Waals surface area contributed by atoms with Crippen LogP contribution in [0.25, 0.3) is 0 Å². The first kappa shape index (κ1) is 11.0. The number of hydrogen-bond acceptors (Lipinski definition) is 2. The van der Waals surface area contributed by atoms with Crippen molar-refractivity contribution >= 4 is 11.5 Å². The molecule has 2 rings (SSSR count). The normalized spacial score (nSPS) is 9.88. The van der Waals surface area contributed by atoms with Gasteiger partial charge in [0.1, 0.15) is 0 Å². The van der Waals surface area contributed by atoms with Crippen molar-refractivity contribution in [2.24, 2.45) is 5.84 Å². The van der Waals surface area contributed by atoms with Crippen LogP contribution in [0.1, 0.15) is 15.9 Å². The molecule has 0 heterocycles. The second kappa shape index (κ2) is 4.57. The van der Waals surface area contributed by atoms with Gasteiger partial charge in [-0.25, -0.2) is 0 Å². The SMILES string of the molecule is N[N+](=O)c1[c]ccc(C(=O)c2ccccc2)c1. The summed E-state index contributed by atoms with van der Waals surface area (Å²) < 4.78 is 0. The van der Waals surface area contributed by atoms with E-state index in [4.69, 9.17) is 5.84 Å². The van der Waals surface area contributed by atoms with Crippen molar-refractivity contribution in [1.29, 1.82) is 0 Å². The average Bonchev–Trinajstić information content (AvgIpc) is 2.39. The number of nitrogens with zero attached hydrogens (tertiary/aromatic N) is 1. The molecule has 0 saturated heterocycles. The van der Waals surface area contributed by atoms with Gasteiger partial charge in [-0.3, -0.25) is 4.79 Å². The van der Waals surface area contributed by atoms with E-state index in [2.05, 4.69) is 6.07 Å². The Morgan fingerprint density at radius 2 is 1.82 bits per heavy atom. The lowest BCUT2D eigenvalue weighted by Crippen LogP contribution is -2.10. The van der Waals surface area contributed by atoms with Crippen LogP contribution in [0.4, 0.5) is 5.69 Å². The van der Waals surface area contributed by atoms with E-state index < -0.39 is 0 Å². The number of nitrogens with two attached hydrogens (primary N) is 1. The van der Waals surface area contributed by atoms with E-state index in [1.54, 1.807) is 30.3 Å². The highest BCUT2D eigenvalue weighted by Crippen LogP contribution is 2.14. The maximum atomic E-state index is 12.0. The molecule has 0 bridgehead atoms. The van der Waals surface area contributed by atoms with Gasteiger partial charge in [-0.1, -0.05) is 30.3 Å². The Bertz CT molecular complexity index is 565. The summed E-state index contributed by atoms with van der Waals surface area (Å²) >= 11 is 0. The summed E-state index contributed by atoms with van der Waals surface area (Å²) in [4.78, 5) is 23.1. The fraction of sp³-hybridized carbons (Fsp3) is 0. The largest absolute Gasteiger partial charge is 0.300 e. The molecule has 2 aromatic rings. The van der Waals surface area contributed by atoms with Crippen LogP contribution in [-0.2, 0) is 0 Å². The van der Waals surface area contributed by atoms with E-state index in [1.807, 2.05) is 6.07 Å². The van der Waals surface area contributed by atoms with Crippen LogP contribution in [0.3, 0.4) is 0 Å². The van der Waals surface area contributed by atoms with Gasteiger partial charge in [0.2, 0.25) is 0 Å². The highest BCUT2D eigenvalue weighted by Gasteiger charge is 2.14. The van der Waals surface area contributed by atoms with E-state index >= 15 is 0 Å². The predicted octanol–water partition coefficient (Wildman–Crippen LogP) is 2.00. The van der Waals surface area contributed by atoms with Gasteiger partial charge in [0.05, 0.1) is 11.0 Å². The highest BCUT2D eigenvalue weighted by atomic mass is 16.3. The van der Waals surface area contributed by atoms with E-state index in [0.29, 0.717) is 11.1 Å². The van der Waals surface area contributed by atoms with Crippen LogP contribution in [0.15, 0.2) is 48.5 Å². The number of benzene rings is 2. The number of rotatable bonds is 3. The Balaban J connectivity index is 2.38. The van der Waals surface area contributed by atoms with Crippen molar-refractivity contribution in [2.75, 3.05) is 0 Å². The van der Waals surface area contributed by atoms with Gasteiger partial charge in [-0.2, -0.15) is 5.84 Å². The minimum Gasteiger partial charge on any atom is -0.289 e. The number of nitroso groups, excluding NO2 is 1. The van der Waals surface area contributed by atoms with Crippen molar-refractivity contribution < 1.29 is 9.66 Å². The smallest absolute Gasteiger partial charge is 0.289 e. The van der Waals surface area contributed by atoms with E-state index in [-0.39, 0.29) is 16.3 Å². The van der Waals surface area contributed by atoms with Gasteiger partial charge in [0.15, 0.2) is 10.7 Å². The molecule has 1 radical (unpaired) electrons. The molecule has 2 N–H and O–H groups in total. The molecule has 4 heteroatoms. The van der Waals surface area contributed by atoms with Gasteiger partial charge in [0.25, 0.3) is 5.69 Å². The molecule has 0 aliphatic carbocycles. The molecular formula is C13H10N2O2+. The zero-order valence-electron chi connectivity index (χ0n) is 8.96. The second-order valence-electron chi connectivity index (χ2n) is 3.48. The summed E-state index contributed by atoms with van der Waals surface area (Å²) in [5.74, 6) is 4.91. The third-order valence-corrected chi connectivity index (χ3v) is 2.32. The summed E-state index contributed by atoms with van der Waals surface area (Å²) in [7, 11) is 0. The standard InChI is InChI=1S/C13H10N2O2/c14-15(17)12-8-4-7-11(9-12)13(16)10-5-2-1-3-6-10/h1-7,9H,(H2,14,17)/q+1. The number of hydrogen-bond donors (Lipinski definition) is 1. The Labute approximate surface area is 98.2 Å². The molecule has 0 aliphatic heterocycles. The minimum absolute atomic E-state index is 0.131. The molecule has 0 aromatic heterocycles. The van der Waals surface area contributed by atoms with Crippen LogP contribution in [0.5, 0.6) is 0 Å². The molecule has 83 valence electrons. The Kier molecular flexibility index (Phi) is 2.96. The van der Waals surface area contributed by atoms with Crippen LogP contribution in [0.2, 0.25) is 0 Å². The lowest BCUT2D eigenvalue weighted by Gasteiger charge is -1.99. The van der Waals surface area contributed by atoms with Gasteiger partial charge in [0, 0.05) is 17.2 Å². The van der Waals surface area contributed by atoms with Crippen molar-refractivity contribution in [3.63, 3.8) is 0 Å². The van der Waals surface area contributed by atoms with Crippen molar-refractivity contribution in [2.45, 2.75) is 0 Å². The predicted molar refractivity (Wildman–Crippen MR) is 62.6 cm³/mol. The molecular weight excluding hydrogens is 216 g/mol. The third-order valence-electron chi connectivity index (χ3n) is 2.32. The lowest BCUT2D eigenvalue weighted by atomic mass is 10.0. The first-order valence-corrected chi connectivity index (χ1v) is 5.02. The number of hydrazine groups is 1. The number of carbonyl (C=O) groups is 1. The molecule has 4 nitrogen and oxygen atoms in total. The van der Waals surface area contributed by atoms with E-state index in [0.717, 1.165) is 0 Å². The van der Waals surface area contributed by atoms with Gasteiger partial charge < -0.3 is 0 Å². The molecule has 0 unspecified atom stereocenters.